The average Bonchev–Trinajstić information content (AvgIpc) is 2.70. The number of nitrogens with two attached hydrogens (primary N) is 1. The molecule has 0 amide bonds. The van der Waals surface area contributed by atoms with Crippen molar-refractivity contribution >= 4 is 42.1 Å². The first-order valence-electron chi connectivity index (χ1n) is 9.47. The second-order valence-electron chi connectivity index (χ2n) is 7.38. The molecule has 2 aliphatic heterocycles. The summed E-state index contributed by atoms with van der Waals surface area (Å²) in [5.74, 6) is 0.263. The first-order valence-corrected chi connectivity index (χ1v) is 9.85. The Morgan fingerprint density at radius 2 is 1.76 bits per heavy atom. The van der Waals surface area contributed by atoms with E-state index in [1.54, 1.807) is 6.07 Å². The molecule has 2 heterocycles. The van der Waals surface area contributed by atoms with E-state index >= 15 is 0 Å². The lowest BCUT2D eigenvalue weighted by molar-refractivity contribution is -0.0569. The van der Waals surface area contributed by atoms with Crippen molar-refractivity contribution in [2.45, 2.75) is 31.5 Å². The van der Waals surface area contributed by atoms with Gasteiger partial charge in [0, 0.05) is 31.6 Å². The molecule has 5 nitrogen and oxygen atoms in total. The van der Waals surface area contributed by atoms with E-state index in [-0.39, 0.29) is 48.5 Å². The summed E-state index contributed by atoms with van der Waals surface area (Å²) in [6, 6.07) is 11.2. The van der Waals surface area contributed by atoms with Crippen LogP contribution in [-0.4, -0.2) is 36.0 Å². The van der Waals surface area contributed by atoms with Crippen LogP contribution >= 0.6 is 36.4 Å². The van der Waals surface area contributed by atoms with Gasteiger partial charge in [0.2, 0.25) is 0 Å². The van der Waals surface area contributed by atoms with Crippen LogP contribution in [0.25, 0.3) is 0 Å². The fraction of sp³-hybridized carbons (Fsp3) is 0.429. The molecule has 0 aliphatic carbocycles. The molecule has 0 spiro atoms. The van der Waals surface area contributed by atoms with Crippen molar-refractivity contribution in [3.63, 3.8) is 0 Å². The number of aromatic hydroxyl groups is 2. The van der Waals surface area contributed by atoms with Crippen molar-refractivity contribution in [2.24, 2.45) is 11.7 Å². The number of hydrogen-bond donors (Lipinski definition) is 3. The third kappa shape index (κ3) is 4.70. The predicted molar refractivity (Wildman–Crippen MR) is 121 cm³/mol. The highest BCUT2D eigenvalue weighted by atomic mass is 35.5. The fourth-order valence-corrected chi connectivity index (χ4v) is 4.63. The minimum absolute atomic E-state index is 0. The largest absolute Gasteiger partial charge is 0.504 e. The molecule has 1 fully saturated rings. The topological polar surface area (TPSA) is 79.0 Å². The fourth-order valence-electron chi connectivity index (χ4n) is 4.37. The maximum atomic E-state index is 10.3. The van der Waals surface area contributed by atoms with Crippen molar-refractivity contribution < 1.29 is 14.9 Å². The summed E-state index contributed by atoms with van der Waals surface area (Å²) in [4.78, 5) is 2.32. The van der Waals surface area contributed by atoms with Crippen LogP contribution in [-0.2, 0) is 11.2 Å². The summed E-state index contributed by atoms with van der Waals surface area (Å²) in [7, 11) is 0. The molecule has 4 N–H and O–H groups in total. The van der Waals surface area contributed by atoms with E-state index in [2.05, 4.69) is 11.0 Å². The number of ether oxygens (including phenoxy) is 1. The minimum Gasteiger partial charge on any atom is -0.504 e. The summed E-state index contributed by atoms with van der Waals surface area (Å²) in [5.41, 5.74) is 8.66. The molecule has 4 rings (SSSR count). The van der Waals surface area contributed by atoms with Crippen LogP contribution < -0.4 is 10.6 Å². The Kier molecular flexibility index (Phi) is 8.32. The van der Waals surface area contributed by atoms with E-state index in [1.165, 1.54) is 6.07 Å². The molecule has 2 aliphatic rings. The van der Waals surface area contributed by atoms with E-state index < -0.39 is 0 Å². The molecule has 2 atom stereocenters. The number of fused-ring (bicyclic) bond motifs is 1. The lowest BCUT2D eigenvalue weighted by Gasteiger charge is -2.41. The smallest absolute Gasteiger partial charge is 0.161 e. The molecule has 8 heteroatoms. The number of para-hydroxylation sites is 1. The molecule has 0 radical (unpaired) electrons. The van der Waals surface area contributed by atoms with Crippen LogP contribution in [0.3, 0.4) is 0 Å². The lowest BCUT2D eigenvalue weighted by Crippen LogP contribution is -2.42. The molecule has 160 valence electrons. The predicted octanol–water partition coefficient (Wildman–Crippen LogP) is 4.45. The van der Waals surface area contributed by atoms with E-state index in [9.17, 15) is 10.2 Å². The second-order valence-corrected chi connectivity index (χ2v) is 7.79. The van der Waals surface area contributed by atoms with Crippen molar-refractivity contribution in [3.8, 4) is 11.5 Å². The van der Waals surface area contributed by atoms with Gasteiger partial charge in [-0.15, -0.1) is 24.8 Å². The Bertz CT molecular complexity index is 829. The van der Waals surface area contributed by atoms with Crippen LogP contribution in [0.1, 0.15) is 30.1 Å². The average molecular weight is 462 g/mol. The van der Waals surface area contributed by atoms with Crippen LogP contribution in [0.5, 0.6) is 11.5 Å². The summed E-state index contributed by atoms with van der Waals surface area (Å²) < 4.78 is 6.30. The maximum absolute atomic E-state index is 10.3. The quantitative estimate of drug-likeness (QED) is 0.588. The molecule has 29 heavy (non-hydrogen) atoms. The molecule has 2 aromatic carbocycles. The number of hydrogen-bond acceptors (Lipinski definition) is 5. The van der Waals surface area contributed by atoms with Gasteiger partial charge < -0.3 is 25.6 Å². The number of nitrogens with zero attached hydrogens (tertiary/aromatic N) is 1. The van der Waals surface area contributed by atoms with Gasteiger partial charge in [0.05, 0.1) is 22.9 Å². The third-order valence-corrected chi connectivity index (χ3v) is 6.18. The van der Waals surface area contributed by atoms with Crippen molar-refractivity contribution in [1.82, 2.24) is 0 Å². The van der Waals surface area contributed by atoms with Crippen LogP contribution in [0.2, 0.25) is 5.02 Å². The number of phenolic OH excluding ortho intramolecular Hbond substituents is 2. The van der Waals surface area contributed by atoms with E-state index in [0.29, 0.717) is 18.9 Å². The summed E-state index contributed by atoms with van der Waals surface area (Å²) >= 11 is 6.34. The third-order valence-electron chi connectivity index (χ3n) is 5.86. The Morgan fingerprint density at radius 3 is 2.41 bits per heavy atom. The molecule has 0 saturated carbocycles. The highest BCUT2D eigenvalue weighted by Crippen LogP contribution is 2.42. The standard InChI is InChI=1S/C21H25ClN2O3.2ClH/c22-16-3-1-2-4-17(16)24-9-7-13(8-10-24)19-11-15-14(20(12-23)27-19)5-6-18(25)21(15)26;;/h1-6,13,19-20,25-26H,7-12,23H2;2*1H. The Balaban J connectivity index is 0.00000150. The molecule has 1 saturated heterocycles. The van der Waals surface area contributed by atoms with Crippen molar-refractivity contribution in [1.29, 1.82) is 0 Å². The summed E-state index contributed by atoms with van der Waals surface area (Å²) in [6.45, 7) is 2.19. The minimum atomic E-state index is -0.244. The Hall–Kier alpha value is -1.37. The van der Waals surface area contributed by atoms with Gasteiger partial charge in [-0.25, -0.2) is 0 Å². The number of rotatable bonds is 3. The first kappa shape index (κ1) is 23.9. The van der Waals surface area contributed by atoms with Gasteiger partial charge in [0.15, 0.2) is 11.5 Å². The monoisotopic (exact) mass is 460 g/mol. The normalized spacial score (nSPS) is 21.7. The molecule has 0 aromatic heterocycles. The zero-order chi connectivity index (χ0) is 19.0. The van der Waals surface area contributed by atoms with Crippen LogP contribution in [0, 0.1) is 5.92 Å². The molecular weight excluding hydrogens is 435 g/mol. The Labute approximate surface area is 188 Å². The SMILES string of the molecule is Cl.Cl.NCC1OC(C2CCN(c3ccccc3Cl)CC2)Cc2c1ccc(O)c2O. The number of anilines is 1. The van der Waals surface area contributed by atoms with Crippen molar-refractivity contribution in [3.05, 3.63) is 52.5 Å². The van der Waals surface area contributed by atoms with E-state index in [4.69, 9.17) is 22.1 Å². The van der Waals surface area contributed by atoms with Gasteiger partial charge in [-0.3, -0.25) is 0 Å². The Morgan fingerprint density at radius 1 is 1.07 bits per heavy atom. The van der Waals surface area contributed by atoms with Gasteiger partial charge in [-0.2, -0.15) is 0 Å². The summed E-state index contributed by atoms with van der Waals surface area (Å²) in [5, 5.41) is 21.0. The number of phenols is 2. The van der Waals surface area contributed by atoms with Crippen LogP contribution in [0.4, 0.5) is 5.69 Å². The van der Waals surface area contributed by atoms with Crippen molar-refractivity contribution in [2.75, 3.05) is 24.5 Å². The molecule has 0 bridgehead atoms. The number of benzene rings is 2. The summed E-state index contributed by atoms with van der Waals surface area (Å²) in [6.07, 6.45) is 2.33. The lowest BCUT2D eigenvalue weighted by atomic mass is 9.83. The maximum Gasteiger partial charge on any atom is 0.161 e. The van der Waals surface area contributed by atoms with E-state index in [1.807, 2.05) is 18.2 Å². The highest BCUT2D eigenvalue weighted by Gasteiger charge is 2.35. The molecular formula is C21H27Cl3N2O3. The zero-order valence-corrected chi connectivity index (χ0v) is 18.3. The number of halogens is 3. The van der Waals surface area contributed by atoms with E-state index in [0.717, 1.165) is 47.8 Å². The van der Waals surface area contributed by atoms with Crippen LogP contribution in [0.15, 0.2) is 36.4 Å². The van der Waals surface area contributed by atoms with Gasteiger partial charge in [0.1, 0.15) is 0 Å². The zero-order valence-electron chi connectivity index (χ0n) is 16.0. The number of piperidine rings is 1. The van der Waals surface area contributed by atoms with Gasteiger partial charge in [0.25, 0.3) is 0 Å². The van der Waals surface area contributed by atoms with Gasteiger partial charge >= 0.3 is 0 Å². The molecule has 2 aromatic rings. The van der Waals surface area contributed by atoms with Gasteiger partial charge in [-0.05, 0) is 42.5 Å². The highest BCUT2D eigenvalue weighted by molar-refractivity contribution is 6.33. The molecule has 2 unspecified atom stereocenters. The first-order chi connectivity index (χ1) is 13.1. The second kappa shape index (κ2) is 10.1. The van der Waals surface area contributed by atoms with Gasteiger partial charge in [-0.1, -0.05) is 29.8 Å².